The van der Waals surface area contributed by atoms with E-state index < -0.39 is 0 Å². The van der Waals surface area contributed by atoms with Crippen LogP contribution >= 0.6 is 0 Å². The number of aromatic nitrogens is 1. The van der Waals surface area contributed by atoms with Crippen molar-refractivity contribution in [2.45, 2.75) is 20.0 Å². The molecule has 0 amide bonds. The number of aryl methyl sites for hydroxylation is 1. The molecule has 3 heteroatoms. The largest absolute Gasteiger partial charge is 0.482 e. The average molecular weight is 228 g/mol. The third-order valence-corrected chi connectivity index (χ3v) is 2.59. The number of hydrogen-bond donors (Lipinski definition) is 1. The van der Waals surface area contributed by atoms with E-state index in [0.29, 0.717) is 11.6 Å². The van der Waals surface area contributed by atoms with Gasteiger partial charge >= 0.3 is 0 Å². The van der Waals surface area contributed by atoms with E-state index in [1.165, 1.54) is 0 Å². The summed E-state index contributed by atoms with van der Waals surface area (Å²) in [5.74, 6) is 1.07. The number of nitrogens with zero attached hydrogens (tertiary/aromatic N) is 1. The van der Waals surface area contributed by atoms with E-state index in [4.69, 9.17) is 10.5 Å². The molecule has 0 spiro atoms. The zero-order chi connectivity index (χ0) is 12.3. The average Bonchev–Trinajstić information content (AvgIpc) is 2.35. The Morgan fingerprint density at radius 3 is 2.65 bits per heavy atom. The summed E-state index contributed by atoms with van der Waals surface area (Å²) in [4.78, 5) is 4.08. The Morgan fingerprint density at radius 2 is 1.94 bits per heavy atom. The molecule has 2 aromatic rings. The van der Waals surface area contributed by atoms with Crippen LogP contribution in [0.15, 0.2) is 42.6 Å². The Kier molecular flexibility index (Phi) is 3.28. The van der Waals surface area contributed by atoms with Gasteiger partial charge in [0.2, 0.25) is 0 Å². The number of rotatable bonds is 3. The van der Waals surface area contributed by atoms with Crippen LogP contribution < -0.4 is 10.5 Å². The number of nitrogen functional groups attached to an aromatic ring is 1. The standard InChI is InChI=1S/C14H16N2O/c1-10-8-13(14(15)16-9-10)17-11(2)12-6-4-3-5-7-12/h3-9,11H,1-2H3,(H2,15,16). The molecule has 0 saturated heterocycles. The number of pyridine rings is 1. The number of hydrogen-bond acceptors (Lipinski definition) is 3. The molecule has 0 aliphatic carbocycles. The molecular formula is C14H16N2O. The molecule has 0 bridgehead atoms. The summed E-state index contributed by atoms with van der Waals surface area (Å²) in [5, 5.41) is 0. The maximum atomic E-state index is 5.82. The fraction of sp³-hybridized carbons (Fsp3) is 0.214. The molecule has 0 radical (unpaired) electrons. The second-order valence-corrected chi connectivity index (χ2v) is 4.07. The van der Waals surface area contributed by atoms with E-state index in [2.05, 4.69) is 4.98 Å². The first-order valence-electron chi connectivity index (χ1n) is 5.60. The van der Waals surface area contributed by atoms with Crippen molar-refractivity contribution in [3.8, 4) is 5.75 Å². The number of anilines is 1. The van der Waals surface area contributed by atoms with Gasteiger partial charge in [-0.25, -0.2) is 4.98 Å². The molecule has 3 nitrogen and oxygen atoms in total. The van der Waals surface area contributed by atoms with Gasteiger partial charge in [0.15, 0.2) is 11.6 Å². The zero-order valence-electron chi connectivity index (χ0n) is 10.1. The molecule has 0 aliphatic heterocycles. The van der Waals surface area contributed by atoms with E-state index in [1.54, 1.807) is 6.20 Å². The summed E-state index contributed by atoms with van der Waals surface area (Å²) < 4.78 is 5.82. The van der Waals surface area contributed by atoms with Crippen molar-refractivity contribution in [2.75, 3.05) is 5.73 Å². The predicted molar refractivity (Wildman–Crippen MR) is 68.9 cm³/mol. The SMILES string of the molecule is Cc1cnc(N)c(OC(C)c2ccccc2)c1. The van der Waals surface area contributed by atoms with Gasteiger partial charge in [0, 0.05) is 6.20 Å². The lowest BCUT2D eigenvalue weighted by molar-refractivity contribution is 0.227. The van der Waals surface area contributed by atoms with Crippen molar-refractivity contribution in [3.63, 3.8) is 0 Å². The van der Waals surface area contributed by atoms with Crippen LogP contribution in [0.2, 0.25) is 0 Å². The lowest BCUT2D eigenvalue weighted by Gasteiger charge is -2.16. The molecule has 17 heavy (non-hydrogen) atoms. The zero-order valence-corrected chi connectivity index (χ0v) is 10.1. The Balaban J connectivity index is 2.18. The Hall–Kier alpha value is -2.03. The molecule has 2 N–H and O–H groups in total. The molecule has 0 fully saturated rings. The molecule has 1 atom stereocenters. The lowest BCUT2D eigenvalue weighted by atomic mass is 10.1. The van der Waals surface area contributed by atoms with Crippen molar-refractivity contribution >= 4 is 5.82 Å². The van der Waals surface area contributed by atoms with Crippen LogP contribution in [0, 0.1) is 6.92 Å². The van der Waals surface area contributed by atoms with Gasteiger partial charge in [0.25, 0.3) is 0 Å². The summed E-state index contributed by atoms with van der Waals surface area (Å²) in [5.41, 5.74) is 7.94. The van der Waals surface area contributed by atoms with Gasteiger partial charge in [-0.1, -0.05) is 30.3 Å². The second-order valence-electron chi connectivity index (χ2n) is 4.07. The first-order chi connectivity index (χ1) is 8.16. The summed E-state index contributed by atoms with van der Waals surface area (Å²) >= 11 is 0. The topological polar surface area (TPSA) is 48.1 Å². The minimum atomic E-state index is -0.0397. The molecule has 88 valence electrons. The van der Waals surface area contributed by atoms with Gasteiger partial charge in [-0.3, -0.25) is 0 Å². The van der Waals surface area contributed by atoms with Crippen molar-refractivity contribution < 1.29 is 4.74 Å². The van der Waals surface area contributed by atoms with Gasteiger partial charge in [0.1, 0.15) is 6.10 Å². The quantitative estimate of drug-likeness (QED) is 0.878. The maximum Gasteiger partial charge on any atom is 0.166 e. The maximum absolute atomic E-state index is 5.82. The van der Waals surface area contributed by atoms with E-state index >= 15 is 0 Å². The highest BCUT2D eigenvalue weighted by Crippen LogP contribution is 2.26. The van der Waals surface area contributed by atoms with Crippen LogP contribution in [0.1, 0.15) is 24.2 Å². The van der Waals surface area contributed by atoms with Crippen molar-refractivity contribution in [1.29, 1.82) is 0 Å². The van der Waals surface area contributed by atoms with Crippen LogP contribution in [-0.2, 0) is 0 Å². The van der Waals surface area contributed by atoms with Crippen molar-refractivity contribution in [3.05, 3.63) is 53.7 Å². The van der Waals surface area contributed by atoms with Crippen molar-refractivity contribution in [2.24, 2.45) is 0 Å². The molecule has 0 saturated carbocycles. The summed E-state index contributed by atoms with van der Waals surface area (Å²) in [7, 11) is 0. The van der Waals surface area contributed by atoms with Gasteiger partial charge in [-0.2, -0.15) is 0 Å². The molecule has 2 rings (SSSR count). The first kappa shape index (κ1) is 11.5. The Bertz CT molecular complexity index is 497. The monoisotopic (exact) mass is 228 g/mol. The minimum absolute atomic E-state index is 0.0397. The van der Waals surface area contributed by atoms with E-state index in [0.717, 1.165) is 11.1 Å². The van der Waals surface area contributed by atoms with E-state index in [9.17, 15) is 0 Å². The van der Waals surface area contributed by atoms with Crippen LogP contribution in [0.4, 0.5) is 5.82 Å². The van der Waals surface area contributed by atoms with Crippen molar-refractivity contribution in [1.82, 2.24) is 4.98 Å². The number of benzene rings is 1. The molecular weight excluding hydrogens is 212 g/mol. The summed E-state index contributed by atoms with van der Waals surface area (Å²) in [6.07, 6.45) is 1.69. The lowest BCUT2D eigenvalue weighted by Crippen LogP contribution is -2.05. The second kappa shape index (κ2) is 4.87. The van der Waals surface area contributed by atoms with Gasteiger partial charge in [-0.05, 0) is 31.0 Å². The van der Waals surface area contributed by atoms with Crippen LogP contribution in [-0.4, -0.2) is 4.98 Å². The Morgan fingerprint density at radius 1 is 1.24 bits per heavy atom. The number of ether oxygens (including phenoxy) is 1. The molecule has 0 aliphatic rings. The van der Waals surface area contributed by atoms with Crippen LogP contribution in [0.3, 0.4) is 0 Å². The number of nitrogens with two attached hydrogens (primary N) is 1. The third-order valence-electron chi connectivity index (χ3n) is 2.59. The predicted octanol–water partition coefficient (Wildman–Crippen LogP) is 3.11. The molecule has 1 aromatic heterocycles. The van der Waals surface area contributed by atoms with Gasteiger partial charge in [0.05, 0.1) is 0 Å². The highest BCUT2D eigenvalue weighted by Gasteiger charge is 2.09. The highest BCUT2D eigenvalue weighted by molar-refractivity contribution is 5.47. The summed E-state index contributed by atoms with van der Waals surface area (Å²) in [6.45, 7) is 3.96. The first-order valence-corrected chi connectivity index (χ1v) is 5.60. The van der Waals surface area contributed by atoms with Gasteiger partial charge in [-0.15, -0.1) is 0 Å². The minimum Gasteiger partial charge on any atom is -0.482 e. The molecule has 1 aromatic carbocycles. The van der Waals surface area contributed by atoms with E-state index in [-0.39, 0.29) is 6.10 Å². The smallest absolute Gasteiger partial charge is 0.166 e. The van der Waals surface area contributed by atoms with Gasteiger partial charge < -0.3 is 10.5 Å². The summed E-state index contributed by atoms with van der Waals surface area (Å²) in [6, 6.07) is 11.9. The fourth-order valence-electron chi connectivity index (χ4n) is 1.63. The molecule has 1 unspecified atom stereocenters. The molecule has 1 heterocycles. The van der Waals surface area contributed by atoms with Crippen LogP contribution in [0.5, 0.6) is 5.75 Å². The van der Waals surface area contributed by atoms with Crippen LogP contribution in [0.25, 0.3) is 0 Å². The Labute approximate surface area is 101 Å². The normalized spacial score (nSPS) is 12.1. The fourth-order valence-corrected chi connectivity index (χ4v) is 1.63. The van der Waals surface area contributed by atoms with E-state index in [1.807, 2.05) is 50.2 Å². The third kappa shape index (κ3) is 2.75. The highest BCUT2D eigenvalue weighted by atomic mass is 16.5.